The standard InChI is InChI=1S/C21H43/c1-10-19(15-21(9,11-2)12-3)20(14-17(6)7)18(8)13-16(4)5/h16-17,19-20H,10-15H2,1-9H3. The minimum Gasteiger partial charge on any atom is -0.0651 e. The Labute approximate surface area is 136 Å². The van der Waals surface area contributed by atoms with Gasteiger partial charge in [-0.15, -0.1) is 0 Å². The molecule has 0 bridgehead atoms. The van der Waals surface area contributed by atoms with Gasteiger partial charge < -0.3 is 0 Å². The molecule has 0 amide bonds. The van der Waals surface area contributed by atoms with Crippen LogP contribution in [-0.2, 0) is 0 Å². The van der Waals surface area contributed by atoms with E-state index in [0.29, 0.717) is 5.41 Å². The molecule has 0 aliphatic heterocycles. The van der Waals surface area contributed by atoms with Crippen LogP contribution >= 0.6 is 0 Å². The van der Waals surface area contributed by atoms with Crippen molar-refractivity contribution in [1.82, 2.24) is 0 Å². The van der Waals surface area contributed by atoms with Crippen molar-refractivity contribution in [3.63, 3.8) is 0 Å². The van der Waals surface area contributed by atoms with E-state index in [9.17, 15) is 0 Å². The SMILES string of the molecule is CCC(CC(C)(CC)CC)C(CC(C)C)[C](C)CC(C)C. The van der Waals surface area contributed by atoms with Crippen LogP contribution in [-0.4, -0.2) is 0 Å². The van der Waals surface area contributed by atoms with Gasteiger partial charge in [0.15, 0.2) is 0 Å². The highest BCUT2D eigenvalue weighted by Gasteiger charge is 2.32. The van der Waals surface area contributed by atoms with E-state index in [1.165, 1.54) is 38.5 Å². The minimum absolute atomic E-state index is 0.536. The van der Waals surface area contributed by atoms with Crippen molar-refractivity contribution >= 4 is 0 Å². The maximum atomic E-state index is 2.50. The fourth-order valence-corrected chi connectivity index (χ4v) is 3.84. The largest absolute Gasteiger partial charge is 0.0651 e. The van der Waals surface area contributed by atoms with Crippen molar-refractivity contribution in [2.75, 3.05) is 0 Å². The van der Waals surface area contributed by atoms with Crippen LogP contribution in [0.3, 0.4) is 0 Å². The predicted octanol–water partition coefficient (Wildman–Crippen LogP) is 7.53. The summed E-state index contributed by atoms with van der Waals surface area (Å²) in [5.41, 5.74) is 0.536. The lowest BCUT2D eigenvalue weighted by Crippen LogP contribution is -2.28. The van der Waals surface area contributed by atoms with E-state index in [-0.39, 0.29) is 0 Å². The van der Waals surface area contributed by atoms with Gasteiger partial charge in [0, 0.05) is 0 Å². The Morgan fingerprint density at radius 2 is 1.43 bits per heavy atom. The van der Waals surface area contributed by atoms with Gasteiger partial charge in [0.1, 0.15) is 0 Å². The number of rotatable bonds is 11. The summed E-state index contributed by atoms with van der Waals surface area (Å²) in [5, 5.41) is 0. The van der Waals surface area contributed by atoms with E-state index in [0.717, 1.165) is 23.7 Å². The molecule has 0 aliphatic carbocycles. The second-order valence-electron chi connectivity index (χ2n) is 8.57. The van der Waals surface area contributed by atoms with Crippen LogP contribution in [0.1, 0.15) is 101 Å². The lowest BCUT2D eigenvalue weighted by Gasteiger charge is -2.39. The smallest absolute Gasteiger partial charge is 0.0236 e. The summed E-state index contributed by atoms with van der Waals surface area (Å²) in [5.74, 6) is 5.06. The van der Waals surface area contributed by atoms with E-state index >= 15 is 0 Å². The Hall–Kier alpha value is 0. The van der Waals surface area contributed by atoms with Crippen LogP contribution in [0, 0.1) is 35.0 Å². The first-order valence-corrected chi connectivity index (χ1v) is 9.51. The summed E-state index contributed by atoms with van der Waals surface area (Å²) in [6.07, 6.45) is 8.06. The molecule has 0 N–H and O–H groups in total. The van der Waals surface area contributed by atoms with Crippen LogP contribution in [0.25, 0.3) is 0 Å². The number of hydrogen-bond donors (Lipinski definition) is 0. The van der Waals surface area contributed by atoms with E-state index < -0.39 is 0 Å². The molecule has 21 heavy (non-hydrogen) atoms. The highest BCUT2D eigenvalue weighted by atomic mass is 14.4. The van der Waals surface area contributed by atoms with Gasteiger partial charge in [-0.2, -0.15) is 0 Å². The first-order valence-electron chi connectivity index (χ1n) is 9.51. The van der Waals surface area contributed by atoms with Gasteiger partial charge in [-0.1, -0.05) is 81.6 Å². The first kappa shape index (κ1) is 21.0. The summed E-state index contributed by atoms with van der Waals surface area (Å²) >= 11 is 0. The topological polar surface area (TPSA) is 0 Å². The molecule has 0 heteroatoms. The van der Waals surface area contributed by atoms with Crippen molar-refractivity contribution in [3.05, 3.63) is 5.92 Å². The quantitative estimate of drug-likeness (QED) is 0.369. The molecule has 1 radical (unpaired) electrons. The normalized spacial score (nSPS) is 16.0. The molecule has 0 saturated carbocycles. The summed E-state index contributed by atoms with van der Waals surface area (Å²) < 4.78 is 0. The molecular formula is C21H43. The van der Waals surface area contributed by atoms with Crippen molar-refractivity contribution in [1.29, 1.82) is 0 Å². The molecular weight excluding hydrogens is 252 g/mol. The molecule has 0 nitrogen and oxygen atoms in total. The van der Waals surface area contributed by atoms with Gasteiger partial charge >= 0.3 is 0 Å². The fourth-order valence-electron chi connectivity index (χ4n) is 3.84. The molecule has 0 aliphatic rings. The third-order valence-corrected chi connectivity index (χ3v) is 5.64. The average Bonchev–Trinajstić information content (AvgIpc) is 2.41. The lowest BCUT2D eigenvalue weighted by atomic mass is 9.66. The third-order valence-electron chi connectivity index (χ3n) is 5.64. The zero-order valence-electron chi connectivity index (χ0n) is 16.6. The van der Waals surface area contributed by atoms with Crippen molar-refractivity contribution in [2.45, 2.75) is 101 Å². The van der Waals surface area contributed by atoms with Gasteiger partial charge in [-0.25, -0.2) is 0 Å². The third kappa shape index (κ3) is 7.71. The van der Waals surface area contributed by atoms with Crippen LogP contribution < -0.4 is 0 Å². The fraction of sp³-hybridized carbons (Fsp3) is 0.952. The molecule has 2 unspecified atom stereocenters. The minimum atomic E-state index is 0.536. The van der Waals surface area contributed by atoms with Crippen LogP contribution in [0.2, 0.25) is 0 Å². The molecule has 0 spiro atoms. The molecule has 2 atom stereocenters. The Morgan fingerprint density at radius 3 is 1.76 bits per heavy atom. The molecule has 0 aromatic carbocycles. The molecule has 0 heterocycles. The van der Waals surface area contributed by atoms with Crippen LogP contribution in [0.15, 0.2) is 0 Å². The highest BCUT2D eigenvalue weighted by Crippen LogP contribution is 2.43. The van der Waals surface area contributed by atoms with E-state index in [1.54, 1.807) is 5.92 Å². The van der Waals surface area contributed by atoms with Gasteiger partial charge in [0.25, 0.3) is 0 Å². The summed E-state index contributed by atoms with van der Waals surface area (Å²) in [6, 6.07) is 0. The zero-order valence-corrected chi connectivity index (χ0v) is 16.6. The Bertz CT molecular complexity index is 247. The maximum Gasteiger partial charge on any atom is -0.0236 e. The van der Waals surface area contributed by atoms with Gasteiger partial charge in [-0.05, 0) is 54.3 Å². The predicted molar refractivity (Wildman–Crippen MR) is 98.4 cm³/mol. The highest BCUT2D eigenvalue weighted by molar-refractivity contribution is 4.97. The molecule has 127 valence electrons. The summed E-state index contributed by atoms with van der Waals surface area (Å²) in [7, 11) is 0. The molecule has 0 saturated heterocycles. The number of hydrogen-bond acceptors (Lipinski definition) is 0. The Kier molecular flexibility index (Phi) is 9.90. The van der Waals surface area contributed by atoms with E-state index in [2.05, 4.69) is 62.3 Å². The van der Waals surface area contributed by atoms with Gasteiger partial charge in [-0.3, -0.25) is 0 Å². The summed E-state index contributed by atoms with van der Waals surface area (Å²) in [6.45, 7) is 21.6. The first-order chi connectivity index (χ1) is 9.68. The van der Waals surface area contributed by atoms with Crippen molar-refractivity contribution < 1.29 is 0 Å². The second-order valence-corrected chi connectivity index (χ2v) is 8.57. The van der Waals surface area contributed by atoms with E-state index in [1.807, 2.05) is 0 Å². The molecule has 0 aromatic heterocycles. The van der Waals surface area contributed by atoms with Gasteiger partial charge in [0.05, 0.1) is 0 Å². The average molecular weight is 296 g/mol. The lowest BCUT2D eigenvalue weighted by molar-refractivity contribution is 0.159. The zero-order chi connectivity index (χ0) is 16.6. The van der Waals surface area contributed by atoms with Crippen LogP contribution in [0.4, 0.5) is 0 Å². The molecule has 0 rings (SSSR count). The summed E-state index contributed by atoms with van der Waals surface area (Å²) in [4.78, 5) is 0. The second kappa shape index (κ2) is 9.90. The molecule has 0 fully saturated rings. The monoisotopic (exact) mass is 295 g/mol. The molecule has 0 aromatic rings. The van der Waals surface area contributed by atoms with Crippen LogP contribution in [0.5, 0.6) is 0 Å². The maximum absolute atomic E-state index is 2.50. The van der Waals surface area contributed by atoms with E-state index in [4.69, 9.17) is 0 Å². The Balaban J connectivity index is 5.06. The van der Waals surface area contributed by atoms with Crippen molar-refractivity contribution in [2.24, 2.45) is 29.1 Å². The van der Waals surface area contributed by atoms with Crippen molar-refractivity contribution in [3.8, 4) is 0 Å². The van der Waals surface area contributed by atoms with Gasteiger partial charge in [0.2, 0.25) is 0 Å². The Morgan fingerprint density at radius 1 is 0.905 bits per heavy atom.